The van der Waals surface area contributed by atoms with E-state index in [0.717, 1.165) is 27.6 Å². The molecule has 1 amide bonds. The molecule has 30 heavy (non-hydrogen) atoms. The van der Waals surface area contributed by atoms with Crippen molar-refractivity contribution >= 4 is 34.5 Å². The molecule has 0 N–H and O–H groups in total. The van der Waals surface area contributed by atoms with E-state index in [4.69, 9.17) is 16.3 Å². The zero-order valence-electron chi connectivity index (χ0n) is 16.3. The Morgan fingerprint density at radius 2 is 1.70 bits per heavy atom. The number of para-hydroxylation sites is 2. The van der Waals surface area contributed by atoms with Gasteiger partial charge in [-0.15, -0.1) is 11.3 Å². The van der Waals surface area contributed by atoms with Crippen LogP contribution in [0.4, 0.5) is 5.69 Å². The fraction of sp³-hybridized carbons (Fsp3) is 0.0833. The molecule has 4 rings (SSSR count). The van der Waals surface area contributed by atoms with Gasteiger partial charge in [-0.3, -0.25) is 4.79 Å². The molecule has 0 saturated heterocycles. The highest BCUT2D eigenvalue weighted by Gasteiger charge is 2.18. The van der Waals surface area contributed by atoms with Gasteiger partial charge in [0.2, 0.25) is 0 Å². The Kier molecular flexibility index (Phi) is 6.12. The number of amides is 1. The van der Waals surface area contributed by atoms with Gasteiger partial charge in [0, 0.05) is 23.1 Å². The molecule has 0 bridgehead atoms. The van der Waals surface area contributed by atoms with Crippen LogP contribution in [0.1, 0.15) is 16.1 Å². The highest BCUT2D eigenvalue weighted by molar-refractivity contribution is 7.13. The number of thiazole rings is 1. The van der Waals surface area contributed by atoms with Crippen LogP contribution in [-0.2, 0) is 6.61 Å². The van der Waals surface area contributed by atoms with Crippen LogP contribution in [0.3, 0.4) is 0 Å². The van der Waals surface area contributed by atoms with E-state index in [1.807, 2.05) is 78.9 Å². The number of hydrogen-bond donors (Lipinski definition) is 0. The molecular weight excluding hydrogens is 416 g/mol. The van der Waals surface area contributed by atoms with Crippen molar-refractivity contribution in [2.45, 2.75) is 6.61 Å². The van der Waals surface area contributed by atoms with E-state index >= 15 is 0 Å². The Balaban J connectivity index is 1.53. The molecule has 0 aliphatic heterocycles. The summed E-state index contributed by atoms with van der Waals surface area (Å²) in [4.78, 5) is 19.0. The number of rotatable bonds is 6. The minimum absolute atomic E-state index is 0.150. The van der Waals surface area contributed by atoms with Crippen LogP contribution in [0.25, 0.3) is 10.6 Å². The van der Waals surface area contributed by atoms with Gasteiger partial charge in [-0.25, -0.2) is 4.98 Å². The lowest BCUT2D eigenvalue weighted by molar-refractivity contribution is 0.0989. The van der Waals surface area contributed by atoms with Crippen LogP contribution >= 0.6 is 22.9 Å². The van der Waals surface area contributed by atoms with Gasteiger partial charge in [-0.1, -0.05) is 54.1 Å². The first-order valence-electron chi connectivity index (χ1n) is 9.37. The predicted octanol–water partition coefficient (Wildman–Crippen LogP) is 6.32. The Labute approximate surface area is 184 Å². The molecule has 150 valence electrons. The number of aromatic nitrogens is 1. The molecule has 0 radical (unpaired) electrons. The predicted molar refractivity (Wildman–Crippen MR) is 123 cm³/mol. The van der Waals surface area contributed by atoms with Crippen molar-refractivity contribution in [2.75, 3.05) is 11.9 Å². The number of ether oxygens (including phenoxy) is 1. The topological polar surface area (TPSA) is 42.4 Å². The lowest BCUT2D eigenvalue weighted by Gasteiger charge is -2.15. The van der Waals surface area contributed by atoms with Crippen molar-refractivity contribution < 1.29 is 9.53 Å². The average Bonchev–Trinajstić information content (AvgIpc) is 3.28. The molecular formula is C24H19ClN2O2S. The lowest BCUT2D eigenvalue weighted by atomic mass is 10.2. The van der Waals surface area contributed by atoms with Crippen molar-refractivity contribution in [2.24, 2.45) is 0 Å². The third kappa shape index (κ3) is 4.53. The molecule has 1 aromatic heterocycles. The van der Waals surface area contributed by atoms with Gasteiger partial charge in [0.25, 0.3) is 5.91 Å². The molecule has 4 nitrogen and oxygen atoms in total. The molecule has 6 heteroatoms. The van der Waals surface area contributed by atoms with E-state index in [0.29, 0.717) is 17.3 Å². The maximum absolute atomic E-state index is 12.8. The van der Waals surface area contributed by atoms with E-state index in [9.17, 15) is 4.79 Å². The first-order chi connectivity index (χ1) is 14.6. The summed E-state index contributed by atoms with van der Waals surface area (Å²) in [6, 6.07) is 24.8. The molecule has 0 atom stereocenters. The monoisotopic (exact) mass is 434 g/mol. The van der Waals surface area contributed by atoms with Gasteiger partial charge >= 0.3 is 0 Å². The summed E-state index contributed by atoms with van der Waals surface area (Å²) in [5, 5.41) is 3.22. The average molecular weight is 435 g/mol. The Morgan fingerprint density at radius 3 is 2.47 bits per heavy atom. The van der Waals surface area contributed by atoms with Gasteiger partial charge in [0.05, 0.1) is 5.56 Å². The van der Waals surface area contributed by atoms with Crippen molar-refractivity contribution in [3.63, 3.8) is 0 Å². The van der Waals surface area contributed by atoms with Crippen LogP contribution in [0, 0.1) is 0 Å². The van der Waals surface area contributed by atoms with Gasteiger partial charge in [0.15, 0.2) is 0 Å². The largest absolute Gasteiger partial charge is 0.488 e. The molecule has 0 fully saturated rings. The molecule has 3 aromatic carbocycles. The fourth-order valence-corrected chi connectivity index (χ4v) is 3.90. The Morgan fingerprint density at radius 1 is 1.00 bits per heavy atom. The summed E-state index contributed by atoms with van der Waals surface area (Å²) in [6.07, 6.45) is 0. The zero-order valence-corrected chi connectivity index (χ0v) is 17.9. The standard InChI is InChI=1S/C24H19ClN2O2S/c1-27(19-7-3-2-4-8-19)24(28)21-16-30-23(26-21)20-9-5-6-10-22(20)29-15-17-11-13-18(25)14-12-17/h2-14,16H,15H2,1H3. The van der Waals surface area contributed by atoms with Crippen molar-refractivity contribution in [3.8, 4) is 16.3 Å². The first-order valence-corrected chi connectivity index (χ1v) is 10.6. The van der Waals surface area contributed by atoms with Gasteiger partial charge in [-0.2, -0.15) is 0 Å². The Hall–Kier alpha value is -3.15. The molecule has 0 unspecified atom stereocenters. The van der Waals surface area contributed by atoms with Crippen molar-refractivity contribution in [3.05, 3.63) is 101 Å². The lowest BCUT2D eigenvalue weighted by Crippen LogP contribution is -2.26. The van der Waals surface area contributed by atoms with Crippen LogP contribution in [0.5, 0.6) is 5.75 Å². The summed E-state index contributed by atoms with van der Waals surface area (Å²) in [5.41, 5.74) is 3.11. The van der Waals surface area contributed by atoms with E-state index < -0.39 is 0 Å². The number of anilines is 1. The SMILES string of the molecule is CN(C(=O)c1csc(-c2ccccc2OCc2ccc(Cl)cc2)n1)c1ccccc1. The number of nitrogens with zero attached hydrogens (tertiary/aromatic N) is 2. The molecule has 0 aliphatic carbocycles. The fourth-order valence-electron chi connectivity index (χ4n) is 2.95. The molecule has 0 spiro atoms. The van der Waals surface area contributed by atoms with Gasteiger partial charge in [-0.05, 0) is 42.0 Å². The van der Waals surface area contributed by atoms with Crippen LogP contribution in [0.15, 0.2) is 84.2 Å². The molecule has 1 heterocycles. The highest BCUT2D eigenvalue weighted by Crippen LogP contribution is 2.33. The number of benzene rings is 3. The van der Waals surface area contributed by atoms with E-state index in [2.05, 4.69) is 4.98 Å². The van der Waals surface area contributed by atoms with E-state index in [1.54, 1.807) is 17.3 Å². The minimum Gasteiger partial charge on any atom is -0.488 e. The summed E-state index contributed by atoms with van der Waals surface area (Å²) in [5.74, 6) is 0.570. The van der Waals surface area contributed by atoms with E-state index in [-0.39, 0.29) is 5.91 Å². The summed E-state index contributed by atoms with van der Waals surface area (Å²) >= 11 is 7.37. The van der Waals surface area contributed by atoms with Crippen molar-refractivity contribution in [1.29, 1.82) is 0 Å². The number of carbonyl (C=O) groups is 1. The summed E-state index contributed by atoms with van der Waals surface area (Å²) < 4.78 is 6.03. The second kappa shape index (κ2) is 9.11. The summed E-state index contributed by atoms with van der Waals surface area (Å²) in [7, 11) is 1.75. The molecule has 0 aliphatic rings. The third-order valence-electron chi connectivity index (χ3n) is 4.60. The highest BCUT2D eigenvalue weighted by atomic mass is 35.5. The van der Waals surface area contributed by atoms with Crippen molar-refractivity contribution in [1.82, 2.24) is 4.98 Å². The third-order valence-corrected chi connectivity index (χ3v) is 5.72. The maximum Gasteiger partial charge on any atom is 0.277 e. The quantitative estimate of drug-likeness (QED) is 0.356. The Bertz CT molecular complexity index is 1140. The van der Waals surface area contributed by atoms with Crippen LogP contribution in [0.2, 0.25) is 5.02 Å². The van der Waals surface area contributed by atoms with Crippen LogP contribution < -0.4 is 9.64 Å². The zero-order chi connectivity index (χ0) is 20.9. The van der Waals surface area contributed by atoms with Gasteiger partial charge in [0.1, 0.15) is 23.1 Å². The minimum atomic E-state index is -0.150. The first kappa shape index (κ1) is 20.1. The molecule has 4 aromatic rings. The molecule has 0 saturated carbocycles. The normalized spacial score (nSPS) is 10.6. The number of carbonyl (C=O) groups excluding carboxylic acids is 1. The smallest absolute Gasteiger partial charge is 0.277 e. The van der Waals surface area contributed by atoms with Gasteiger partial charge < -0.3 is 9.64 Å². The second-order valence-corrected chi connectivity index (χ2v) is 7.94. The number of halogens is 1. The second-order valence-electron chi connectivity index (χ2n) is 6.65. The number of hydrogen-bond acceptors (Lipinski definition) is 4. The van der Waals surface area contributed by atoms with Crippen LogP contribution in [-0.4, -0.2) is 17.9 Å². The van der Waals surface area contributed by atoms with E-state index in [1.165, 1.54) is 11.3 Å². The maximum atomic E-state index is 12.8. The summed E-state index contributed by atoms with van der Waals surface area (Å²) in [6.45, 7) is 0.419.